The van der Waals surface area contributed by atoms with E-state index < -0.39 is 48.2 Å². The molecule has 30 heavy (non-hydrogen) atoms. The van der Waals surface area contributed by atoms with Crippen LogP contribution in [0.25, 0.3) is 11.2 Å². The van der Waals surface area contributed by atoms with Crippen molar-refractivity contribution in [1.82, 2.24) is 19.5 Å². The number of nitrogens with zero attached hydrogens (tertiary/aromatic N) is 4. The van der Waals surface area contributed by atoms with Crippen molar-refractivity contribution >= 4 is 40.4 Å². The topological polar surface area (TPSA) is 279 Å². The van der Waals surface area contributed by atoms with Gasteiger partial charge in [0.2, 0.25) is 0 Å². The van der Waals surface area contributed by atoms with E-state index in [2.05, 4.69) is 28.1 Å². The van der Waals surface area contributed by atoms with Crippen LogP contribution < -0.4 is 5.73 Å². The summed E-state index contributed by atoms with van der Waals surface area (Å²) in [6, 6.07) is 0. The number of fused-ring (bicyclic) bond motifs is 1. The van der Waals surface area contributed by atoms with Crippen molar-refractivity contribution in [3.63, 3.8) is 0 Å². The zero-order valence-electron chi connectivity index (χ0n) is 14.2. The highest BCUT2D eigenvalue weighted by Gasteiger charge is 2.50. The highest BCUT2D eigenvalue weighted by molar-refractivity contribution is 7.66. The lowest BCUT2D eigenvalue weighted by Gasteiger charge is -2.20. The molecule has 1 aliphatic heterocycles. The quantitative estimate of drug-likeness (QED) is 0.212. The summed E-state index contributed by atoms with van der Waals surface area (Å²) >= 11 is 0. The second kappa shape index (κ2) is 7.96. The minimum Gasteiger partial charge on any atom is -0.385 e. The van der Waals surface area contributed by atoms with E-state index in [9.17, 15) is 28.8 Å². The van der Waals surface area contributed by atoms with Crippen LogP contribution in [-0.2, 0) is 31.6 Å². The van der Waals surface area contributed by atoms with Crippen LogP contribution in [0.1, 0.15) is 6.23 Å². The smallest absolute Gasteiger partial charge is 0.385 e. The predicted octanol–water partition coefficient (Wildman–Crippen LogP) is -1.67. The molecule has 21 heteroatoms. The summed E-state index contributed by atoms with van der Waals surface area (Å²) in [6.07, 6.45) is -5.16. The predicted molar refractivity (Wildman–Crippen MR) is 90.6 cm³/mol. The third kappa shape index (κ3) is 5.09. The lowest BCUT2D eigenvalue weighted by molar-refractivity contribution is -0.133. The van der Waals surface area contributed by atoms with Gasteiger partial charge in [0.15, 0.2) is 24.0 Å². The van der Waals surface area contributed by atoms with Gasteiger partial charge in [0.05, 0.1) is 6.33 Å². The van der Waals surface area contributed by atoms with Crippen LogP contribution in [0, 0.1) is 0 Å². The summed E-state index contributed by atoms with van der Waals surface area (Å²) < 4.78 is 51.6. The Hall–Kier alpha value is -1.36. The maximum atomic E-state index is 11.9. The Labute approximate surface area is 165 Å². The summed E-state index contributed by atoms with van der Waals surface area (Å²) in [7, 11) is -17.0. The first-order chi connectivity index (χ1) is 13.7. The Morgan fingerprint density at radius 3 is 2.30 bits per heavy atom. The van der Waals surface area contributed by atoms with E-state index in [0.29, 0.717) is 0 Å². The Morgan fingerprint density at radius 1 is 1.00 bits per heavy atom. The number of aliphatic hydroxyl groups excluding tert-OH is 2. The summed E-state index contributed by atoms with van der Waals surface area (Å²) in [5.41, 5.74) is 5.83. The second-order valence-electron chi connectivity index (χ2n) is 5.66. The highest BCUT2D eigenvalue weighted by Crippen LogP contribution is 2.66. The van der Waals surface area contributed by atoms with Crippen molar-refractivity contribution in [2.45, 2.75) is 24.7 Å². The van der Waals surface area contributed by atoms with Crippen LogP contribution in [0.5, 0.6) is 0 Å². The number of rotatable bonds is 7. The third-order valence-electron chi connectivity index (χ3n) is 3.51. The SMILES string of the molecule is Nc1ncnc2c1ncn2C1OC(OP(=O)(O)OP(=O)(O)OP(=O)(O)O)[C@@H](O)[C@H]1O. The molecule has 3 rings (SSSR count). The Bertz CT molecular complexity index is 1090. The molecule has 2 aromatic rings. The van der Waals surface area contributed by atoms with E-state index in [1.165, 1.54) is 0 Å². The van der Waals surface area contributed by atoms with Crippen LogP contribution in [0.4, 0.5) is 5.82 Å². The van der Waals surface area contributed by atoms with Crippen molar-refractivity contribution in [2.75, 3.05) is 5.73 Å². The van der Waals surface area contributed by atoms with Crippen molar-refractivity contribution < 1.29 is 61.4 Å². The molecule has 3 heterocycles. The minimum absolute atomic E-state index is 0.00315. The molecule has 1 aliphatic rings. The molecule has 168 valence electrons. The van der Waals surface area contributed by atoms with Crippen molar-refractivity contribution in [3.05, 3.63) is 12.7 Å². The van der Waals surface area contributed by atoms with E-state index in [4.69, 9.17) is 25.2 Å². The Balaban J connectivity index is 1.78. The molecule has 0 saturated carbocycles. The van der Waals surface area contributed by atoms with Crippen LogP contribution >= 0.6 is 23.5 Å². The number of nitrogens with two attached hydrogens (primary N) is 1. The fraction of sp³-hybridized carbons (Fsp3) is 0.444. The van der Waals surface area contributed by atoms with Gasteiger partial charge in [-0.25, -0.2) is 28.6 Å². The Morgan fingerprint density at radius 2 is 1.67 bits per heavy atom. The zero-order valence-corrected chi connectivity index (χ0v) is 16.9. The lowest BCUT2D eigenvalue weighted by Crippen LogP contribution is -2.32. The van der Waals surface area contributed by atoms with E-state index in [0.717, 1.165) is 17.2 Å². The first-order valence-corrected chi connectivity index (χ1v) is 12.0. The van der Waals surface area contributed by atoms with Gasteiger partial charge < -0.3 is 40.3 Å². The van der Waals surface area contributed by atoms with Gasteiger partial charge in [-0.1, -0.05) is 0 Å². The number of imidazole rings is 1. The molecule has 18 nitrogen and oxygen atoms in total. The van der Waals surface area contributed by atoms with Gasteiger partial charge in [0.25, 0.3) is 0 Å². The standard InChI is InChI=1S/C9H14N5O13P3/c10-6-3-7(12-1-11-6)14(2-13-3)8-4(15)5(16)9(24-8)25-29(20,21)27-30(22,23)26-28(17,18)19/h1-2,4-5,8-9,15-16H,(H,20,21)(H,22,23)(H2,10,11,12)(H2,17,18,19)/t4-,5+,8?,9?/m1/s1. The molecule has 0 aromatic carbocycles. The van der Waals surface area contributed by atoms with Crippen LogP contribution in [0.3, 0.4) is 0 Å². The number of nitrogen functional groups attached to an aromatic ring is 1. The largest absolute Gasteiger partial charge is 0.490 e. The molecule has 6 atom stereocenters. The van der Waals surface area contributed by atoms with Crippen LogP contribution in [-0.4, -0.2) is 67.8 Å². The maximum Gasteiger partial charge on any atom is 0.490 e. The van der Waals surface area contributed by atoms with Crippen molar-refractivity contribution in [3.8, 4) is 0 Å². The molecular formula is C9H14N5O13P3. The summed E-state index contributed by atoms with van der Waals surface area (Å²) in [5.74, 6) is -0.00315. The second-order valence-corrected chi connectivity index (χ2v) is 10.0. The molecule has 2 aromatic heterocycles. The number of aromatic nitrogens is 4. The zero-order chi connectivity index (χ0) is 22.5. The van der Waals surface area contributed by atoms with Gasteiger partial charge in [-0.2, -0.15) is 8.62 Å². The first-order valence-electron chi connectivity index (χ1n) is 7.46. The molecule has 0 aliphatic carbocycles. The summed E-state index contributed by atoms with van der Waals surface area (Å²) in [6.45, 7) is 0. The van der Waals surface area contributed by atoms with Gasteiger partial charge in [-0.15, -0.1) is 0 Å². The molecule has 1 fully saturated rings. The fourth-order valence-corrected chi connectivity index (χ4v) is 5.53. The number of hydrogen-bond acceptors (Lipinski definition) is 13. The summed E-state index contributed by atoms with van der Waals surface area (Å²) in [4.78, 5) is 47.2. The molecule has 1 saturated heterocycles. The molecule has 0 radical (unpaired) electrons. The number of hydrogen-bond donors (Lipinski definition) is 7. The van der Waals surface area contributed by atoms with Crippen molar-refractivity contribution in [1.29, 1.82) is 0 Å². The third-order valence-corrected chi connectivity index (χ3v) is 7.31. The Kier molecular flexibility index (Phi) is 6.18. The number of phosphoric acid groups is 3. The number of aliphatic hydroxyl groups is 2. The molecule has 8 N–H and O–H groups in total. The van der Waals surface area contributed by atoms with E-state index >= 15 is 0 Å². The normalized spacial score (nSPS) is 29.0. The van der Waals surface area contributed by atoms with Crippen LogP contribution in [0.15, 0.2) is 12.7 Å². The average Bonchev–Trinajstić information content (AvgIpc) is 3.09. The van der Waals surface area contributed by atoms with E-state index in [1.807, 2.05) is 0 Å². The molecule has 4 unspecified atom stereocenters. The average molecular weight is 493 g/mol. The maximum absolute atomic E-state index is 11.9. The molecular weight excluding hydrogens is 479 g/mol. The molecule has 0 amide bonds. The number of phosphoric ester groups is 1. The minimum atomic E-state index is -5.78. The van der Waals surface area contributed by atoms with E-state index in [-0.39, 0.29) is 17.0 Å². The number of ether oxygens (including phenoxy) is 1. The lowest BCUT2D eigenvalue weighted by atomic mass is 10.2. The first kappa shape index (κ1) is 23.3. The highest BCUT2D eigenvalue weighted by atomic mass is 31.3. The monoisotopic (exact) mass is 493 g/mol. The van der Waals surface area contributed by atoms with Gasteiger partial charge >= 0.3 is 23.5 Å². The number of anilines is 1. The van der Waals surface area contributed by atoms with Gasteiger partial charge in [0.1, 0.15) is 24.1 Å². The van der Waals surface area contributed by atoms with Gasteiger partial charge in [-0.3, -0.25) is 9.09 Å². The van der Waals surface area contributed by atoms with Crippen molar-refractivity contribution in [2.24, 2.45) is 0 Å². The van der Waals surface area contributed by atoms with Gasteiger partial charge in [-0.05, 0) is 0 Å². The van der Waals surface area contributed by atoms with E-state index in [1.54, 1.807) is 0 Å². The molecule has 0 spiro atoms. The molecule has 0 bridgehead atoms. The van der Waals surface area contributed by atoms with Gasteiger partial charge in [0, 0.05) is 0 Å². The summed E-state index contributed by atoms with van der Waals surface area (Å²) in [5, 5.41) is 20.2. The van der Waals surface area contributed by atoms with Crippen LogP contribution in [0.2, 0.25) is 0 Å². The fourth-order valence-electron chi connectivity index (χ4n) is 2.43.